The zero-order valence-corrected chi connectivity index (χ0v) is 13.7. The second-order valence-electron chi connectivity index (χ2n) is 8.20. The van der Waals surface area contributed by atoms with Gasteiger partial charge in [-0.1, -0.05) is 19.3 Å². The fraction of sp³-hybridized carbons (Fsp3) is 0.941. The molecule has 0 aromatic rings. The summed E-state index contributed by atoms with van der Waals surface area (Å²) in [6, 6.07) is 0.0489. The first kappa shape index (κ1) is 15.3. The van der Waals surface area contributed by atoms with E-state index in [-0.39, 0.29) is 17.5 Å². The number of piperidine rings is 1. The van der Waals surface area contributed by atoms with Crippen LogP contribution in [0.25, 0.3) is 0 Å². The normalized spacial score (nSPS) is 36.9. The molecule has 3 fully saturated rings. The summed E-state index contributed by atoms with van der Waals surface area (Å²) in [5, 5.41) is 3.19. The van der Waals surface area contributed by atoms with Crippen LogP contribution in [-0.4, -0.2) is 48.2 Å². The van der Waals surface area contributed by atoms with Crippen LogP contribution in [-0.2, 0) is 9.53 Å². The van der Waals surface area contributed by atoms with E-state index in [1.807, 2.05) is 0 Å². The average Bonchev–Trinajstić information content (AvgIpc) is 3.20. The van der Waals surface area contributed by atoms with Crippen molar-refractivity contribution in [2.24, 2.45) is 11.8 Å². The van der Waals surface area contributed by atoms with E-state index in [0.29, 0.717) is 6.10 Å². The van der Waals surface area contributed by atoms with Gasteiger partial charge in [0.05, 0.1) is 18.8 Å². The maximum atomic E-state index is 12.7. The molecule has 21 heavy (non-hydrogen) atoms. The number of hydrogen-bond donors (Lipinski definition) is 1. The quantitative estimate of drug-likeness (QED) is 0.812. The van der Waals surface area contributed by atoms with Crippen LogP contribution in [0.1, 0.15) is 52.9 Å². The first-order valence-corrected chi connectivity index (χ1v) is 8.60. The maximum Gasteiger partial charge on any atom is 0.237 e. The largest absolute Gasteiger partial charge is 0.372 e. The molecule has 2 heterocycles. The molecule has 0 aromatic carbocycles. The van der Waals surface area contributed by atoms with Gasteiger partial charge in [0.25, 0.3) is 0 Å². The molecule has 1 amide bonds. The molecule has 4 heteroatoms. The lowest BCUT2D eigenvalue weighted by molar-refractivity contribution is -0.131. The lowest BCUT2D eigenvalue weighted by atomic mass is 9.72. The highest BCUT2D eigenvalue weighted by Gasteiger charge is 2.42. The van der Waals surface area contributed by atoms with E-state index in [4.69, 9.17) is 4.74 Å². The van der Waals surface area contributed by atoms with Crippen LogP contribution < -0.4 is 5.32 Å². The van der Waals surface area contributed by atoms with Crippen LogP contribution in [0.15, 0.2) is 0 Å². The van der Waals surface area contributed by atoms with Crippen molar-refractivity contribution in [1.29, 1.82) is 0 Å². The first-order valence-electron chi connectivity index (χ1n) is 8.60. The summed E-state index contributed by atoms with van der Waals surface area (Å²) in [7, 11) is 0. The van der Waals surface area contributed by atoms with Crippen molar-refractivity contribution in [3.63, 3.8) is 0 Å². The van der Waals surface area contributed by atoms with Crippen molar-refractivity contribution in [2.45, 2.75) is 70.6 Å². The molecule has 3 aliphatic rings. The van der Waals surface area contributed by atoms with Crippen LogP contribution in [0.4, 0.5) is 0 Å². The Bertz CT molecular complexity index is 387. The number of rotatable bonds is 3. The highest BCUT2D eigenvalue weighted by atomic mass is 16.6. The number of carbonyl (C=O) groups excluding carboxylic acids is 1. The predicted molar refractivity (Wildman–Crippen MR) is 83.1 cm³/mol. The number of epoxide rings is 1. The van der Waals surface area contributed by atoms with Crippen molar-refractivity contribution < 1.29 is 9.53 Å². The van der Waals surface area contributed by atoms with E-state index in [9.17, 15) is 4.79 Å². The number of nitrogens with zero attached hydrogens (tertiary/aromatic N) is 1. The molecule has 3 rings (SSSR count). The summed E-state index contributed by atoms with van der Waals surface area (Å²) in [4.78, 5) is 15.1. The van der Waals surface area contributed by atoms with Gasteiger partial charge < -0.3 is 10.1 Å². The third-order valence-corrected chi connectivity index (χ3v) is 5.14. The van der Waals surface area contributed by atoms with E-state index in [0.717, 1.165) is 38.0 Å². The van der Waals surface area contributed by atoms with Crippen LogP contribution in [0.3, 0.4) is 0 Å². The molecule has 0 unspecified atom stereocenters. The molecule has 0 spiro atoms. The van der Waals surface area contributed by atoms with Crippen molar-refractivity contribution in [2.75, 3.05) is 19.7 Å². The second kappa shape index (κ2) is 5.88. The standard InChI is InChI=1S/C17H30N2O2/c1-17(2,3)18-16(20)15-8-12-6-4-5-7-13(12)9-19(15)10-14-11-21-14/h12-15H,4-11H2,1-3H3,(H,18,20)/t12-,13+,14+,15-/m0/s1. The van der Waals surface area contributed by atoms with E-state index in [1.165, 1.54) is 25.7 Å². The van der Waals surface area contributed by atoms with Crippen molar-refractivity contribution in [3.8, 4) is 0 Å². The van der Waals surface area contributed by atoms with Crippen molar-refractivity contribution >= 4 is 5.91 Å². The fourth-order valence-electron chi connectivity index (χ4n) is 4.06. The number of hydrogen-bond acceptors (Lipinski definition) is 3. The number of ether oxygens (including phenoxy) is 1. The first-order chi connectivity index (χ1) is 9.92. The van der Waals surface area contributed by atoms with Gasteiger partial charge in [0, 0.05) is 18.6 Å². The Morgan fingerprint density at radius 1 is 1.24 bits per heavy atom. The molecule has 2 aliphatic heterocycles. The minimum Gasteiger partial charge on any atom is -0.372 e. The van der Waals surface area contributed by atoms with Crippen molar-refractivity contribution in [1.82, 2.24) is 10.2 Å². The van der Waals surface area contributed by atoms with Crippen molar-refractivity contribution in [3.05, 3.63) is 0 Å². The predicted octanol–water partition coefficient (Wildman–Crippen LogP) is 2.18. The van der Waals surface area contributed by atoms with Gasteiger partial charge in [0.2, 0.25) is 5.91 Å². The topological polar surface area (TPSA) is 44.9 Å². The molecule has 120 valence electrons. The van der Waals surface area contributed by atoms with E-state index >= 15 is 0 Å². The Kier molecular flexibility index (Phi) is 4.28. The molecule has 0 bridgehead atoms. The summed E-state index contributed by atoms with van der Waals surface area (Å²) < 4.78 is 5.40. The lowest BCUT2D eigenvalue weighted by Crippen LogP contribution is -2.58. The highest BCUT2D eigenvalue weighted by molar-refractivity contribution is 5.82. The molecule has 1 N–H and O–H groups in total. The Morgan fingerprint density at radius 3 is 2.52 bits per heavy atom. The van der Waals surface area contributed by atoms with E-state index < -0.39 is 0 Å². The number of fused-ring (bicyclic) bond motifs is 1. The van der Waals surface area contributed by atoms with Crippen LogP contribution >= 0.6 is 0 Å². The zero-order valence-electron chi connectivity index (χ0n) is 13.7. The van der Waals surface area contributed by atoms with Crippen LogP contribution in [0, 0.1) is 11.8 Å². The zero-order chi connectivity index (χ0) is 15.0. The Balaban J connectivity index is 1.68. The highest BCUT2D eigenvalue weighted by Crippen LogP contribution is 2.39. The third kappa shape index (κ3) is 3.98. The Labute approximate surface area is 128 Å². The molecule has 1 saturated carbocycles. The van der Waals surface area contributed by atoms with Gasteiger partial charge in [-0.05, 0) is 45.4 Å². The monoisotopic (exact) mass is 294 g/mol. The SMILES string of the molecule is CC(C)(C)NC(=O)[C@@H]1C[C@@H]2CCCC[C@@H]2CN1C[C@@H]1CO1. The van der Waals surface area contributed by atoms with Gasteiger partial charge in [-0.15, -0.1) is 0 Å². The lowest BCUT2D eigenvalue weighted by Gasteiger charge is -2.46. The number of amides is 1. The minimum atomic E-state index is -0.151. The third-order valence-electron chi connectivity index (χ3n) is 5.14. The Morgan fingerprint density at radius 2 is 1.90 bits per heavy atom. The van der Waals surface area contributed by atoms with Gasteiger partial charge in [-0.3, -0.25) is 9.69 Å². The molecule has 4 atom stereocenters. The smallest absolute Gasteiger partial charge is 0.237 e. The molecule has 4 nitrogen and oxygen atoms in total. The van der Waals surface area contributed by atoms with Crippen LogP contribution in [0.2, 0.25) is 0 Å². The molecule has 2 saturated heterocycles. The minimum absolute atomic E-state index is 0.0489. The molecular formula is C17H30N2O2. The maximum absolute atomic E-state index is 12.7. The number of nitrogens with one attached hydrogen (secondary N) is 1. The summed E-state index contributed by atoms with van der Waals surface area (Å²) in [6.45, 7) is 9.08. The number of carbonyl (C=O) groups is 1. The second-order valence-corrected chi connectivity index (χ2v) is 8.20. The van der Waals surface area contributed by atoms with E-state index in [1.54, 1.807) is 0 Å². The van der Waals surface area contributed by atoms with Crippen LogP contribution in [0.5, 0.6) is 0 Å². The van der Waals surface area contributed by atoms with Gasteiger partial charge >= 0.3 is 0 Å². The molecule has 0 aromatic heterocycles. The van der Waals surface area contributed by atoms with E-state index in [2.05, 4.69) is 31.0 Å². The summed E-state index contributed by atoms with van der Waals surface area (Å²) >= 11 is 0. The average molecular weight is 294 g/mol. The summed E-state index contributed by atoms with van der Waals surface area (Å²) in [5.41, 5.74) is -0.151. The van der Waals surface area contributed by atoms with Gasteiger partial charge in [-0.25, -0.2) is 0 Å². The molecule has 0 radical (unpaired) electrons. The Hall–Kier alpha value is -0.610. The van der Waals surface area contributed by atoms with Gasteiger partial charge in [-0.2, -0.15) is 0 Å². The van der Waals surface area contributed by atoms with Gasteiger partial charge in [0.1, 0.15) is 0 Å². The molecular weight excluding hydrogens is 264 g/mol. The summed E-state index contributed by atoms with van der Waals surface area (Å²) in [6.07, 6.45) is 6.79. The summed E-state index contributed by atoms with van der Waals surface area (Å²) in [5.74, 6) is 1.77. The fourth-order valence-corrected chi connectivity index (χ4v) is 4.06. The molecule has 1 aliphatic carbocycles. The number of likely N-dealkylation sites (tertiary alicyclic amines) is 1. The van der Waals surface area contributed by atoms with Gasteiger partial charge in [0.15, 0.2) is 0 Å².